The van der Waals surface area contributed by atoms with Crippen molar-refractivity contribution in [1.29, 1.82) is 0 Å². The first-order valence-corrected chi connectivity index (χ1v) is 7.67. The van der Waals surface area contributed by atoms with Crippen molar-refractivity contribution >= 4 is 23.3 Å². The largest absolute Gasteiger partial charge is 0.380 e. The zero-order valence-electron chi connectivity index (χ0n) is 11.9. The molecule has 0 aliphatic carbocycles. The summed E-state index contributed by atoms with van der Waals surface area (Å²) in [4.78, 5) is 2.38. The molecule has 5 heteroatoms. The Morgan fingerprint density at radius 2 is 2.11 bits per heavy atom. The van der Waals surface area contributed by atoms with E-state index in [1.165, 1.54) is 16.9 Å². The minimum absolute atomic E-state index is 0.642. The molecule has 0 atom stereocenters. The van der Waals surface area contributed by atoms with Crippen LogP contribution in [-0.4, -0.2) is 46.7 Å². The number of anilines is 2. The molecule has 0 spiro atoms. The zero-order valence-corrected chi connectivity index (χ0v) is 12.7. The first kappa shape index (κ1) is 14.5. The smallest absolute Gasteiger partial charge is 0.0734 e. The maximum Gasteiger partial charge on any atom is 0.0734 e. The third-order valence-electron chi connectivity index (χ3n) is 3.35. The molecule has 1 fully saturated rings. The predicted molar refractivity (Wildman–Crippen MR) is 82.1 cm³/mol. The van der Waals surface area contributed by atoms with Crippen LogP contribution in [0.25, 0.3) is 0 Å². The molecule has 2 rings (SSSR count). The number of methoxy groups -OCH3 is 1. The Labute approximate surface area is 119 Å². The lowest BCUT2D eigenvalue weighted by atomic mass is 10.1. The first-order chi connectivity index (χ1) is 9.26. The van der Waals surface area contributed by atoms with Crippen molar-refractivity contribution in [1.82, 2.24) is 0 Å². The van der Waals surface area contributed by atoms with Gasteiger partial charge in [0.1, 0.15) is 0 Å². The fourth-order valence-corrected chi connectivity index (χ4v) is 2.58. The van der Waals surface area contributed by atoms with Crippen molar-refractivity contribution < 1.29 is 9.47 Å². The first-order valence-electron chi connectivity index (χ1n) is 6.48. The highest BCUT2D eigenvalue weighted by molar-refractivity contribution is 7.99. The van der Waals surface area contributed by atoms with Gasteiger partial charge in [-0.25, -0.2) is 0 Å². The summed E-state index contributed by atoms with van der Waals surface area (Å²) >= 11 is 1.71. The van der Waals surface area contributed by atoms with E-state index in [0.717, 1.165) is 26.3 Å². The van der Waals surface area contributed by atoms with E-state index in [1.807, 2.05) is 0 Å². The van der Waals surface area contributed by atoms with Crippen LogP contribution in [0.5, 0.6) is 0 Å². The van der Waals surface area contributed by atoms with Crippen LogP contribution >= 0.6 is 11.9 Å². The van der Waals surface area contributed by atoms with Gasteiger partial charge in [0.25, 0.3) is 0 Å². The Hall–Kier alpha value is -0.910. The summed E-state index contributed by atoms with van der Waals surface area (Å²) in [6.07, 6.45) is 2.08. The van der Waals surface area contributed by atoms with Crippen LogP contribution in [0.2, 0.25) is 0 Å². The molecule has 4 nitrogen and oxygen atoms in total. The molecular formula is C14H22N2O2S. The van der Waals surface area contributed by atoms with Gasteiger partial charge in [0.05, 0.1) is 19.8 Å². The Bertz CT molecular complexity index is 408. The highest BCUT2D eigenvalue weighted by Gasteiger charge is 2.15. The number of morpholine rings is 1. The molecular weight excluding hydrogens is 260 g/mol. The molecule has 0 aromatic heterocycles. The molecule has 1 aromatic rings. The van der Waals surface area contributed by atoms with Gasteiger partial charge in [0.15, 0.2) is 0 Å². The molecule has 1 aromatic carbocycles. The summed E-state index contributed by atoms with van der Waals surface area (Å²) in [5, 5.41) is 0. The molecule has 0 unspecified atom stereocenters. The van der Waals surface area contributed by atoms with E-state index in [9.17, 15) is 0 Å². The number of rotatable bonds is 5. The third kappa shape index (κ3) is 3.55. The van der Waals surface area contributed by atoms with Crippen molar-refractivity contribution in [2.45, 2.75) is 6.61 Å². The molecule has 0 amide bonds. The lowest BCUT2D eigenvalue weighted by molar-refractivity contribution is 0.122. The topological polar surface area (TPSA) is 24.9 Å². The van der Waals surface area contributed by atoms with Crippen LogP contribution in [0.3, 0.4) is 0 Å². The second kappa shape index (κ2) is 7.03. The van der Waals surface area contributed by atoms with Gasteiger partial charge in [-0.15, -0.1) is 0 Å². The number of nitrogens with zero attached hydrogens (tertiary/aromatic N) is 2. The third-order valence-corrected chi connectivity index (χ3v) is 4.11. The van der Waals surface area contributed by atoms with E-state index < -0.39 is 0 Å². The van der Waals surface area contributed by atoms with Crippen molar-refractivity contribution in [3.8, 4) is 0 Å². The molecule has 0 bridgehead atoms. The predicted octanol–water partition coefficient (Wildman–Crippen LogP) is 2.38. The van der Waals surface area contributed by atoms with Gasteiger partial charge < -0.3 is 18.7 Å². The second-order valence-corrected chi connectivity index (χ2v) is 5.44. The molecule has 1 aliphatic rings. The molecule has 1 aliphatic heterocycles. The number of ether oxygens (including phenoxy) is 2. The van der Waals surface area contributed by atoms with Gasteiger partial charge in [0, 0.05) is 50.4 Å². The van der Waals surface area contributed by atoms with Crippen molar-refractivity contribution in [3.05, 3.63) is 23.8 Å². The average Bonchev–Trinajstić information content (AvgIpc) is 2.47. The van der Waals surface area contributed by atoms with Crippen LogP contribution in [0.4, 0.5) is 11.4 Å². The van der Waals surface area contributed by atoms with Gasteiger partial charge >= 0.3 is 0 Å². The highest BCUT2D eigenvalue weighted by Crippen LogP contribution is 2.29. The van der Waals surface area contributed by atoms with E-state index in [-0.39, 0.29) is 0 Å². The van der Waals surface area contributed by atoms with Crippen molar-refractivity contribution in [3.63, 3.8) is 0 Å². The van der Waals surface area contributed by atoms with Crippen LogP contribution in [0.1, 0.15) is 5.56 Å². The summed E-state index contributed by atoms with van der Waals surface area (Å²) in [5.41, 5.74) is 3.71. The van der Waals surface area contributed by atoms with E-state index in [0.29, 0.717) is 6.61 Å². The van der Waals surface area contributed by atoms with Gasteiger partial charge in [0.2, 0.25) is 0 Å². The van der Waals surface area contributed by atoms with Gasteiger partial charge in [-0.3, -0.25) is 0 Å². The molecule has 1 heterocycles. The maximum absolute atomic E-state index is 5.42. The summed E-state index contributed by atoms with van der Waals surface area (Å²) in [7, 11) is 3.82. The Kier molecular flexibility index (Phi) is 5.36. The van der Waals surface area contributed by atoms with Crippen LogP contribution in [0.15, 0.2) is 18.2 Å². The summed E-state index contributed by atoms with van der Waals surface area (Å²) in [6, 6.07) is 6.58. The number of hydrogen-bond donors (Lipinski definition) is 0. The monoisotopic (exact) mass is 282 g/mol. The van der Waals surface area contributed by atoms with Crippen LogP contribution < -0.4 is 9.21 Å². The minimum atomic E-state index is 0.642. The van der Waals surface area contributed by atoms with Crippen LogP contribution in [0, 0.1) is 0 Å². The van der Waals surface area contributed by atoms with Crippen molar-refractivity contribution in [2.24, 2.45) is 0 Å². The average molecular weight is 282 g/mol. The van der Waals surface area contributed by atoms with E-state index >= 15 is 0 Å². The zero-order chi connectivity index (χ0) is 13.7. The minimum Gasteiger partial charge on any atom is -0.380 e. The van der Waals surface area contributed by atoms with Gasteiger partial charge in [-0.1, -0.05) is 11.9 Å². The second-order valence-electron chi connectivity index (χ2n) is 4.53. The number of hydrogen-bond acceptors (Lipinski definition) is 5. The SMILES string of the molecule is COCc1cc(N(C)SC)ccc1N1CCOCC1. The maximum atomic E-state index is 5.42. The number of benzene rings is 1. The normalized spacial score (nSPS) is 15.6. The molecule has 106 valence electrons. The van der Waals surface area contributed by atoms with E-state index in [1.54, 1.807) is 19.1 Å². The molecule has 19 heavy (non-hydrogen) atoms. The fourth-order valence-electron chi connectivity index (χ4n) is 2.26. The lowest BCUT2D eigenvalue weighted by Gasteiger charge is -2.31. The molecule has 0 saturated carbocycles. The fraction of sp³-hybridized carbons (Fsp3) is 0.571. The van der Waals surface area contributed by atoms with Gasteiger partial charge in [-0.05, 0) is 18.2 Å². The van der Waals surface area contributed by atoms with Crippen LogP contribution in [-0.2, 0) is 16.1 Å². The quantitative estimate of drug-likeness (QED) is 0.772. The summed E-state index contributed by atoms with van der Waals surface area (Å²) in [6.45, 7) is 4.16. The summed E-state index contributed by atoms with van der Waals surface area (Å²) < 4.78 is 12.9. The van der Waals surface area contributed by atoms with E-state index in [4.69, 9.17) is 9.47 Å². The summed E-state index contributed by atoms with van der Waals surface area (Å²) in [5.74, 6) is 0. The Morgan fingerprint density at radius 1 is 1.37 bits per heavy atom. The van der Waals surface area contributed by atoms with Crippen molar-refractivity contribution in [2.75, 3.05) is 55.9 Å². The van der Waals surface area contributed by atoms with Gasteiger partial charge in [-0.2, -0.15) is 0 Å². The standard InChI is InChI=1S/C14H22N2O2S/c1-15(19-3)13-4-5-14(12(10-13)11-17-2)16-6-8-18-9-7-16/h4-5,10H,6-9,11H2,1-3H3. The molecule has 0 N–H and O–H groups in total. The highest BCUT2D eigenvalue weighted by atomic mass is 32.2. The Morgan fingerprint density at radius 3 is 2.74 bits per heavy atom. The Balaban J connectivity index is 2.26. The van der Waals surface area contributed by atoms with E-state index in [2.05, 4.69) is 40.7 Å². The molecule has 0 radical (unpaired) electrons. The molecule has 1 saturated heterocycles. The lowest BCUT2D eigenvalue weighted by Crippen LogP contribution is -2.36.